The molecule has 0 radical (unpaired) electrons. The summed E-state index contributed by atoms with van der Waals surface area (Å²) < 4.78 is 2.16. The zero-order valence-corrected chi connectivity index (χ0v) is 12.6. The van der Waals surface area contributed by atoms with Gasteiger partial charge in [0.2, 0.25) is 0 Å². The maximum absolute atomic E-state index is 6.33. The second kappa shape index (κ2) is 4.95. The molecule has 1 heterocycles. The molecule has 0 saturated carbocycles. The highest BCUT2D eigenvalue weighted by Gasteiger charge is 2.16. The first kappa shape index (κ1) is 13.2. The molecular weight excluding hydrogens is 268 g/mol. The maximum Gasteiger partial charge on any atom is 0.132 e. The average molecular weight is 285 g/mol. The van der Waals surface area contributed by atoms with Gasteiger partial charge >= 0.3 is 0 Å². The molecule has 0 fully saturated rings. The number of imidazole rings is 1. The molecule has 20 heavy (non-hydrogen) atoms. The first-order valence-corrected chi connectivity index (χ1v) is 7.20. The smallest absolute Gasteiger partial charge is 0.132 e. The number of aryl methyl sites for hydroxylation is 2. The monoisotopic (exact) mass is 284 g/mol. The van der Waals surface area contributed by atoms with Gasteiger partial charge in [0.1, 0.15) is 5.82 Å². The van der Waals surface area contributed by atoms with E-state index in [0.717, 1.165) is 22.5 Å². The van der Waals surface area contributed by atoms with Crippen molar-refractivity contribution < 1.29 is 0 Å². The van der Waals surface area contributed by atoms with E-state index in [1.165, 1.54) is 11.1 Å². The van der Waals surface area contributed by atoms with Crippen LogP contribution < -0.4 is 0 Å². The van der Waals surface area contributed by atoms with Crippen molar-refractivity contribution >= 4 is 22.6 Å². The van der Waals surface area contributed by atoms with Crippen LogP contribution in [-0.4, -0.2) is 9.55 Å². The molecule has 0 aliphatic carbocycles. The summed E-state index contributed by atoms with van der Waals surface area (Å²) in [4.78, 5) is 4.68. The summed E-state index contributed by atoms with van der Waals surface area (Å²) in [7, 11) is 0. The fourth-order valence-corrected chi connectivity index (χ4v) is 2.81. The van der Waals surface area contributed by atoms with Crippen molar-refractivity contribution in [2.75, 3.05) is 0 Å². The molecule has 3 aromatic rings. The zero-order chi connectivity index (χ0) is 14.3. The first-order chi connectivity index (χ1) is 9.56. The molecule has 1 atom stereocenters. The number of hydrogen-bond donors (Lipinski definition) is 0. The number of fused-ring (bicyclic) bond motifs is 1. The number of rotatable bonds is 2. The van der Waals surface area contributed by atoms with Gasteiger partial charge in [-0.05, 0) is 56.2 Å². The van der Waals surface area contributed by atoms with E-state index in [1.54, 1.807) is 0 Å². The number of nitrogens with zero attached hydrogens (tertiary/aromatic N) is 2. The highest BCUT2D eigenvalue weighted by molar-refractivity contribution is 6.20. The Kier molecular flexibility index (Phi) is 3.27. The molecule has 2 aromatic carbocycles. The van der Waals surface area contributed by atoms with Crippen LogP contribution in [0.3, 0.4) is 0 Å². The van der Waals surface area contributed by atoms with Gasteiger partial charge < -0.3 is 0 Å². The van der Waals surface area contributed by atoms with Crippen molar-refractivity contribution in [3.8, 4) is 5.69 Å². The Morgan fingerprint density at radius 1 is 1.05 bits per heavy atom. The zero-order valence-electron chi connectivity index (χ0n) is 11.9. The fourth-order valence-electron chi connectivity index (χ4n) is 2.66. The topological polar surface area (TPSA) is 17.8 Å². The summed E-state index contributed by atoms with van der Waals surface area (Å²) >= 11 is 6.33. The molecule has 0 bridgehead atoms. The van der Waals surface area contributed by atoms with E-state index in [0.29, 0.717) is 0 Å². The predicted molar refractivity (Wildman–Crippen MR) is 84.8 cm³/mol. The van der Waals surface area contributed by atoms with Crippen molar-refractivity contribution in [3.05, 3.63) is 59.4 Å². The normalized spacial score (nSPS) is 12.8. The first-order valence-electron chi connectivity index (χ1n) is 6.76. The average Bonchev–Trinajstić information content (AvgIpc) is 2.77. The van der Waals surface area contributed by atoms with Gasteiger partial charge in [-0.15, -0.1) is 11.6 Å². The van der Waals surface area contributed by atoms with Crippen LogP contribution in [0.2, 0.25) is 0 Å². The van der Waals surface area contributed by atoms with E-state index in [4.69, 9.17) is 11.6 Å². The Morgan fingerprint density at radius 3 is 2.35 bits per heavy atom. The van der Waals surface area contributed by atoms with Crippen molar-refractivity contribution in [2.24, 2.45) is 0 Å². The summed E-state index contributed by atoms with van der Waals surface area (Å²) in [5, 5.41) is -0.136. The quantitative estimate of drug-likeness (QED) is 0.609. The van der Waals surface area contributed by atoms with Gasteiger partial charge in [-0.1, -0.05) is 18.2 Å². The van der Waals surface area contributed by atoms with Crippen molar-refractivity contribution in [1.82, 2.24) is 9.55 Å². The molecule has 0 amide bonds. The van der Waals surface area contributed by atoms with Gasteiger partial charge in [0.25, 0.3) is 0 Å². The van der Waals surface area contributed by atoms with E-state index in [9.17, 15) is 0 Å². The second-order valence-electron chi connectivity index (χ2n) is 5.26. The molecule has 0 spiro atoms. The molecule has 1 unspecified atom stereocenters. The Labute approximate surface area is 124 Å². The Hall–Kier alpha value is -1.80. The van der Waals surface area contributed by atoms with E-state index in [1.807, 2.05) is 25.1 Å². The SMILES string of the molecule is Cc1cc(C)cc(-n2c(C(C)Cl)nc3ccccc32)c1. The maximum atomic E-state index is 6.33. The third-order valence-electron chi connectivity index (χ3n) is 3.41. The lowest BCUT2D eigenvalue weighted by Crippen LogP contribution is -2.02. The van der Waals surface area contributed by atoms with Crippen molar-refractivity contribution in [1.29, 1.82) is 0 Å². The summed E-state index contributed by atoms with van der Waals surface area (Å²) in [5.74, 6) is 0.887. The lowest BCUT2D eigenvalue weighted by Gasteiger charge is -2.12. The minimum Gasteiger partial charge on any atom is -0.295 e. The van der Waals surface area contributed by atoms with E-state index < -0.39 is 0 Å². The highest BCUT2D eigenvalue weighted by atomic mass is 35.5. The molecule has 0 saturated heterocycles. The standard InChI is InChI=1S/C17H17ClN2/c1-11-8-12(2)10-14(9-11)20-16-7-5-4-6-15(16)19-17(20)13(3)18/h4-10,13H,1-3H3. The molecule has 0 aliphatic heterocycles. The fraction of sp³-hybridized carbons (Fsp3) is 0.235. The van der Waals surface area contributed by atoms with E-state index >= 15 is 0 Å². The molecule has 3 rings (SSSR count). The Balaban J connectivity index is 2.36. The lowest BCUT2D eigenvalue weighted by molar-refractivity contribution is 0.881. The van der Waals surface area contributed by atoms with Crippen LogP contribution in [0.15, 0.2) is 42.5 Å². The number of aromatic nitrogens is 2. The van der Waals surface area contributed by atoms with Gasteiger partial charge in [0.15, 0.2) is 0 Å². The van der Waals surface area contributed by atoms with Crippen LogP contribution in [0.5, 0.6) is 0 Å². The third-order valence-corrected chi connectivity index (χ3v) is 3.60. The summed E-state index contributed by atoms with van der Waals surface area (Å²) in [6.45, 7) is 6.18. The van der Waals surface area contributed by atoms with Gasteiger partial charge in [0.05, 0.1) is 16.4 Å². The summed E-state index contributed by atoms with van der Waals surface area (Å²) in [6, 6.07) is 14.7. The third kappa shape index (κ3) is 2.20. The van der Waals surface area contributed by atoms with Crippen LogP contribution >= 0.6 is 11.6 Å². The second-order valence-corrected chi connectivity index (χ2v) is 5.91. The molecule has 102 valence electrons. The Morgan fingerprint density at radius 2 is 1.70 bits per heavy atom. The number of benzene rings is 2. The summed E-state index contributed by atoms with van der Waals surface area (Å²) in [6.07, 6.45) is 0. The van der Waals surface area contributed by atoms with Gasteiger partial charge in [-0.3, -0.25) is 4.57 Å². The number of halogens is 1. The predicted octanol–water partition coefficient (Wildman–Crippen LogP) is 4.94. The number of para-hydroxylation sites is 2. The van der Waals surface area contributed by atoms with Gasteiger partial charge in [-0.25, -0.2) is 4.98 Å². The molecule has 1 aromatic heterocycles. The van der Waals surface area contributed by atoms with E-state index in [-0.39, 0.29) is 5.38 Å². The van der Waals surface area contributed by atoms with Crippen molar-refractivity contribution in [3.63, 3.8) is 0 Å². The number of hydrogen-bond acceptors (Lipinski definition) is 1. The van der Waals surface area contributed by atoms with Crippen molar-refractivity contribution in [2.45, 2.75) is 26.1 Å². The minimum absolute atomic E-state index is 0.136. The largest absolute Gasteiger partial charge is 0.295 e. The van der Waals surface area contributed by atoms with Crippen LogP contribution in [0, 0.1) is 13.8 Å². The molecular formula is C17H17ClN2. The van der Waals surface area contributed by atoms with Crippen LogP contribution in [0.4, 0.5) is 0 Å². The Bertz CT molecular complexity index is 752. The highest BCUT2D eigenvalue weighted by Crippen LogP contribution is 2.28. The van der Waals surface area contributed by atoms with Gasteiger partial charge in [-0.2, -0.15) is 0 Å². The minimum atomic E-state index is -0.136. The molecule has 0 N–H and O–H groups in total. The van der Waals surface area contributed by atoms with Crippen LogP contribution in [0.25, 0.3) is 16.7 Å². The number of alkyl halides is 1. The van der Waals surface area contributed by atoms with Gasteiger partial charge in [0, 0.05) is 5.69 Å². The lowest BCUT2D eigenvalue weighted by atomic mass is 10.1. The molecule has 2 nitrogen and oxygen atoms in total. The molecule has 3 heteroatoms. The van der Waals surface area contributed by atoms with E-state index in [2.05, 4.69) is 47.7 Å². The molecule has 0 aliphatic rings. The summed E-state index contributed by atoms with van der Waals surface area (Å²) in [5.41, 5.74) is 5.68. The van der Waals surface area contributed by atoms with Crippen LogP contribution in [-0.2, 0) is 0 Å². The van der Waals surface area contributed by atoms with Crippen LogP contribution in [0.1, 0.15) is 29.3 Å².